The van der Waals surface area contributed by atoms with E-state index in [1.54, 1.807) is 20.3 Å². The lowest BCUT2D eigenvalue weighted by Crippen LogP contribution is -2.03. The first-order chi connectivity index (χ1) is 10.0. The normalized spacial score (nSPS) is 10.3. The van der Waals surface area contributed by atoms with Crippen molar-refractivity contribution in [2.75, 3.05) is 19.5 Å². The lowest BCUT2D eigenvalue weighted by molar-refractivity contribution is 0.355. The van der Waals surface area contributed by atoms with Crippen LogP contribution in [0.15, 0.2) is 30.3 Å². The summed E-state index contributed by atoms with van der Waals surface area (Å²) in [6, 6.07) is 10.0. The van der Waals surface area contributed by atoms with Crippen LogP contribution in [0.5, 0.6) is 11.5 Å². The Kier molecular flexibility index (Phi) is 4.97. The Balaban J connectivity index is 2.19. The van der Waals surface area contributed by atoms with E-state index in [1.165, 1.54) is 16.7 Å². The van der Waals surface area contributed by atoms with Crippen LogP contribution in [0.3, 0.4) is 0 Å². The van der Waals surface area contributed by atoms with E-state index in [2.05, 4.69) is 37.4 Å². The van der Waals surface area contributed by atoms with Crippen molar-refractivity contribution in [1.29, 1.82) is 0 Å². The molecule has 3 nitrogen and oxygen atoms in total. The van der Waals surface area contributed by atoms with Gasteiger partial charge < -0.3 is 14.8 Å². The molecule has 0 bridgehead atoms. The van der Waals surface area contributed by atoms with Gasteiger partial charge in [0, 0.05) is 18.7 Å². The number of anilines is 1. The Bertz CT molecular complexity index is 641. The molecule has 2 rings (SSSR count). The first kappa shape index (κ1) is 15.5. The van der Waals surface area contributed by atoms with Gasteiger partial charge in [-0.15, -0.1) is 0 Å². The van der Waals surface area contributed by atoms with E-state index in [-0.39, 0.29) is 0 Å². The van der Waals surface area contributed by atoms with Crippen LogP contribution in [-0.2, 0) is 6.54 Å². The molecule has 21 heavy (non-hydrogen) atoms. The molecule has 0 spiro atoms. The molecule has 0 radical (unpaired) electrons. The molecule has 4 heteroatoms. The van der Waals surface area contributed by atoms with Crippen LogP contribution < -0.4 is 14.8 Å². The lowest BCUT2D eigenvalue weighted by atomic mass is 10.1. The van der Waals surface area contributed by atoms with Crippen LogP contribution in [0.25, 0.3) is 0 Å². The van der Waals surface area contributed by atoms with Gasteiger partial charge in [-0.1, -0.05) is 35.4 Å². The number of benzene rings is 2. The Morgan fingerprint density at radius 1 is 1.00 bits per heavy atom. The zero-order valence-corrected chi connectivity index (χ0v) is 13.5. The van der Waals surface area contributed by atoms with Crippen LogP contribution in [0.1, 0.15) is 16.7 Å². The maximum atomic E-state index is 6.27. The number of rotatable bonds is 5. The zero-order chi connectivity index (χ0) is 15.4. The molecule has 1 N–H and O–H groups in total. The van der Waals surface area contributed by atoms with E-state index < -0.39 is 0 Å². The molecular formula is C17H20ClNO2. The molecule has 0 atom stereocenters. The van der Waals surface area contributed by atoms with Crippen LogP contribution in [0.4, 0.5) is 5.69 Å². The maximum Gasteiger partial charge on any atom is 0.162 e. The van der Waals surface area contributed by atoms with Gasteiger partial charge in [0.15, 0.2) is 11.5 Å². The van der Waals surface area contributed by atoms with E-state index >= 15 is 0 Å². The lowest BCUT2D eigenvalue weighted by Gasteiger charge is -2.14. The van der Waals surface area contributed by atoms with Gasteiger partial charge in [-0.3, -0.25) is 0 Å². The van der Waals surface area contributed by atoms with E-state index in [0.717, 1.165) is 5.69 Å². The van der Waals surface area contributed by atoms with E-state index in [0.29, 0.717) is 23.1 Å². The van der Waals surface area contributed by atoms with Gasteiger partial charge in [0.2, 0.25) is 0 Å². The predicted molar refractivity (Wildman–Crippen MR) is 87.8 cm³/mol. The average Bonchev–Trinajstić information content (AvgIpc) is 2.47. The molecule has 0 heterocycles. The van der Waals surface area contributed by atoms with Crippen molar-refractivity contribution in [2.24, 2.45) is 0 Å². The monoisotopic (exact) mass is 305 g/mol. The van der Waals surface area contributed by atoms with E-state index in [4.69, 9.17) is 21.1 Å². The smallest absolute Gasteiger partial charge is 0.162 e. The van der Waals surface area contributed by atoms with Crippen molar-refractivity contribution >= 4 is 17.3 Å². The zero-order valence-electron chi connectivity index (χ0n) is 12.8. The molecular weight excluding hydrogens is 286 g/mol. The molecule has 112 valence electrons. The summed E-state index contributed by atoms with van der Waals surface area (Å²) in [6.07, 6.45) is 0. The number of methoxy groups -OCH3 is 2. The third kappa shape index (κ3) is 3.61. The molecule has 2 aromatic rings. The van der Waals surface area contributed by atoms with Crippen LogP contribution in [-0.4, -0.2) is 14.2 Å². The third-order valence-corrected chi connectivity index (χ3v) is 3.75. The van der Waals surface area contributed by atoms with Gasteiger partial charge in [-0.05, 0) is 25.0 Å². The van der Waals surface area contributed by atoms with Crippen molar-refractivity contribution in [3.63, 3.8) is 0 Å². The number of hydrogen-bond acceptors (Lipinski definition) is 3. The van der Waals surface area contributed by atoms with Gasteiger partial charge in [-0.2, -0.15) is 0 Å². The van der Waals surface area contributed by atoms with Gasteiger partial charge in [-0.25, -0.2) is 0 Å². The van der Waals surface area contributed by atoms with Crippen molar-refractivity contribution in [2.45, 2.75) is 20.4 Å². The highest BCUT2D eigenvalue weighted by Gasteiger charge is 2.10. The molecule has 0 aliphatic carbocycles. The number of hydrogen-bond donors (Lipinski definition) is 1. The first-order valence-electron chi connectivity index (χ1n) is 6.76. The minimum atomic E-state index is 0.609. The minimum absolute atomic E-state index is 0.609. The summed E-state index contributed by atoms with van der Waals surface area (Å²) in [4.78, 5) is 0. The second kappa shape index (κ2) is 6.72. The fourth-order valence-corrected chi connectivity index (χ4v) is 2.44. The van der Waals surface area contributed by atoms with E-state index in [1.807, 2.05) is 6.07 Å². The summed E-state index contributed by atoms with van der Waals surface area (Å²) in [7, 11) is 3.20. The summed E-state index contributed by atoms with van der Waals surface area (Å²) >= 11 is 6.27. The molecule has 0 fully saturated rings. The highest BCUT2D eigenvalue weighted by atomic mass is 35.5. The molecule has 0 aliphatic rings. The fraction of sp³-hybridized carbons (Fsp3) is 0.294. The number of ether oxygens (including phenoxy) is 2. The molecule has 0 unspecified atom stereocenters. The molecule has 0 amide bonds. The highest BCUT2D eigenvalue weighted by Crippen LogP contribution is 2.36. The molecule has 0 saturated carbocycles. The number of nitrogens with one attached hydrogen (secondary N) is 1. The van der Waals surface area contributed by atoms with Crippen molar-refractivity contribution < 1.29 is 9.47 Å². The van der Waals surface area contributed by atoms with Gasteiger partial charge in [0.25, 0.3) is 0 Å². The second-order valence-corrected chi connectivity index (χ2v) is 5.38. The average molecular weight is 306 g/mol. The summed E-state index contributed by atoms with van der Waals surface area (Å²) < 4.78 is 10.5. The van der Waals surface area contributed by atoms with Crippen molar-refractivity contribution in [3.8, 4) is 11.5 Å². The van der Waals surface area contributed by atoms with E-state index in [9.17, 15) is 0 Å². The number of aryl methyl sites for hydroxylation is 2. The fourth-order valence-electron chi connectivity index (χ4n) is 2.22. The largest absolute Gasteiger partial charge is 0.493 e. The SMILES string of the molecule is COc1cc(Cl)c(NCc2ccc(C)cc2C)cc1OC. The number of halogens is 1. The summed E-state index contributed by atoms with van der Waals surface area (Å²) in [5.41, 5.74) is 4.60. The van der Waals surface area contributed by atoms with Crippen LogP contribution in [0, 0.1) is 13.8 Å². The summed E-state index contributed by atoms with van der Waals surface area (Å²) in [6.45, 7) is 4.91. The van der Waals surface area contributed by atoms with Crippen LogP contribution >= 0.6 is 11.6 Å². The van der Waals surface area contributed by atoms with Crippen molar-refractivity contribution in [1.82, 2.24) is 0 Å². The summed E-state index contributed by atoms with van der Waals surface area (Å²) in [5, 5.41) is 3.96. The molecule has 2 aromatic carbocycles. The Morgan fingerprint density at radius 3 is 2.29 bits per heavy atom. The molecule has 0 saturated heterocycles. The first-order valence-corrected chi connectivity index (χ1v) is 7.14. The minimum Gasteiger partial charge on any atom is -0.493 e. The highest BCUT2D eigenvalue weighted by molar-refractivity contribution is 6.33. The van der Waals surface area contributed by atoms with Crippen molar-refractivity contribution in [3.05, 3.63) is 52.0 Å². The quantitative estimate of drug-likeness (QED) is 0.876. The summed E-state index contributed by atoms with van der Waals surface area (Å²) in [5.74, 6) is 1.28. The Morgan fingerprint density at radius 2 is 1.67 bits per heavy atom. The Hall–Kier alpha value is -1.87. The van der Waals surface area contributed by atoms with Gasteiger partial charge in [0.1, 0.15) is 0 Å². The second-order valence-electron chi connectivity index (χ2n) is 4.97. The maximum absolute atomic E-state index is 6.27. The van der Waals surface area contributed by atoms with Crippen LogP contribution in [0.2, 0.25) is 5.02 Å². The van der Waals surface area contributed by atoms with Gasteiger partial charge >= 0.3 is 0 Å². The molecule has 0 aliphatic heterocycles. The predicted octanol–water partition coefficient (Wildman–Crippen LogP) is 4.59. The topological polar surface area (TPSA) is 30.5 Å². The third-order valence-electron chi connectivity index (χ3n) is 3.44. The Labute approximate surface area is 130 Å². The molecule has 0 aromatic heterocycles. The standard InChI is InChI=1S/C17H20ClNO2/c1-11-5-6-13(12(2)7-11)10-19-15-9-17(21-4)16(20-3)8-14(15)18/h5-9,19H,10H2,1-4H3. The van der Waals surface area contributed by atoms with Gasteiger partial charge in [0.05, 0.1) is 24.9 Å².